The maximum atomic E-state index is 12.7. The Labute approximate surface area is 152 Å². The van der Waals surface area contributed by atoms with E-state index in [-0.39, 0.29) is 18.0 Å². The molecule has 1 aliphatic heterocycles. The molecule has 0 aliphatic carbocycles. The first kappa shape index (κ1) is 17.7. The van der Waals surface area contributed by atoms with Crippen molar-refractivity contribution >= 4 is 23.4 Å². The van der Waals surface area contributed by atoms with Gasteiger partial charge in [-0.05, 0) is 45.0 Å². The molecular weight excluding hydrogens is 332 g/mol. The van der Waals surface area contributed by atoms with Crippen LogP contribution in [0.1, 0.15) is 41.5 Å². The number of rotatable bonds is 4. The Morgan fingerprint density at radius 2 is 1.77 bits per heavy atom. The number of benzene rings is 1. The summed E-state index contributed by atoms with van der Waals surface area (Å²) in [6.07, 6.45) is 5.56. The molecule has 26 heavy (non-hydrogen) atoms. The summed E-state index contributed by atoms with van der Waals surface area (Å²) >= 11 is 0. The number of nitrogens with zero attached hydrogens (tertiary/aromatic N) is 3. The van der Waals surface area contributed by atoms with E-state index >= 15 is 0 Å². The molecule has 2 atom stereocenters. The lowest BCUT2D eigenvalue weighted by atomic mass is 10.1. The Bertz CT molecular complexity index is 842. The van der Waals surface area contributed by atoms with Gasteiger partial charge in [-0.3, -0.25) is 4.79 Å². The van der Waals surface area contributed by atoms with Crippen molar-refractivity contribution < 1.29 is 14.3 Å². The van der Waals surface area contributed by atoms with Gasteiger partial charge in [0.1, 0.15) is 11.4 Å². The van der Waals surface area contributed by atoms with Crippen molar-refractivity contribution in [2.24, 2.45) is 0 Å². The molecule has 1 aliphatic rings. The molecule has 0 radical (unpaired) electrons. The van der Waals surface area contributed by atoms with Crippen LogP contribution >= 0.6 is 0 Å². The number of ether oxygens (including phenoxy) is 1. The molecule has 0 amide bonds. The quantitative estimate of drug-likeness (QED) is 0.670. The summed E-state index contributed by atoms with van der Waals surface area (Å²) in [6.45, 7) is 6.17. The van der Waals surface area contributed by atoms with Crippen molar-refractivity contribution in [1.29, 1.82) is 0 Å². The van der Waals surface area contributed by atoms with Crippen LogP contribution in [0.15, 0.2) is 42.6 Å². The molecule has 0 saturated carbocycles. The number of carbonyl (C=O) groups excluding carboxylic acids is 2. The third kappa shape index (κ3) is 3.08. The highest BCUT2D eigenvalue weighted by Crippen LogP contribution is 2.26. The van der Waals surface area contributed by atoms with Crippen molar-refractivity contribution in [3.63, 3.8) is 0 Å². The van der Waals surface area contributed by atoms with Crippen molar-refractivity contribution in [3.8, 4) is 0 Å². The number of carbonyl (C=O) groups is 2. The molecule has 7 nitrogen and oxygen atoms in total. The van der Waals surface area contributed by atoms with Gasteiger partial charge in [-0.1, -0.05) is 12.2 Å². The first-order valence-electron chi connectivity index (χ1n) is 8.56. The van der Waals surface area contributed by atoms with Crippen molar-refractivity contribution in [2.45, 2.75) is 32.9 Å². The van der Waals surface area contributed by atoms with E-state index in [4.69, 9.17) is 10.5 Å². The highest BCUT2D eigenvalue weighted by atomic mass is 16.5. The van der Waals surface area contributed by atoms with Gasteiger partial charge in [0, 0.05) is 23.3 Å². The molecule has 2 N–H and O–H groups in total. The van der Waals surface area contributed by atoms with Gasteiger partial charge < -0.3 is 15.4 Å². The third-order valence-corrected chi connectivity index (χ3v) is 4.45. The SMILES string of the molecule is CCOC(=O)c1cnn(C(=O)c2ccc(N3C(C)C=CC3C)cc2)c1N. The number of anilines is 2. The highest BCUT2D eigenvalue weighted by molar-refractivity contribution is 6.01. The number of hydrogen-bond donors (Lipinski definition) is 1. The first-order chi connectivity index (χ1) is 12.4. The lowest BCUT2D eigenvalue weighted by Crippen LogP contribution is -2.33. The average molecular weight is 354 g/mol. The Balaban J connectivity index is 1.82. The van der Waals surface area contributed by atoms with E-state index in [1.54, 1.807) is 19.1 Å². The van der Waals surface area contributed by atoms with E-state index < -0.39 is 11.9 Å². The van der Waals surface area contributed by atoms with E-state index in [9.17, 15) is 9.59 Å². The second kappa shape index (κ2) is 7.03. The van der Waals surface area contributed by atoms with Crippen LogP contribution < -0.4 is 10.6 Å². The Kier molecular flexibility index (Phi) is 4.79. The van der Waals surface area contributed by atoms with Crippen LogP contribution in [0.25, 0.3) is 0 Å². The highest BCUT2D eigenvalue weighted by Gasteiger charge is 2.24. The van der Waals surface area contributed by atoms with Gasteiger partial charge in [-0.2, -0.15) is 9.78 Å². The zero-order chi connectivity index (χ0) is 18.8. The van der Waals surface area contributed by atoms with Crippen LogP contribution in [0.3, 0.4) is 0 Å². The molecule has 7 heteroatoms. The van der Waals surface area contributed by atoms with Gasteiger partial charge in [0.15, 0.2) is 0 Å². The summed E-state index contributed by atoms with van der Waals surface area (Å²) in [4.78, 5) is 26.7. The predicted molar refractivity (Wildman–Crippen MR) is 99.3 cm³/mol. The zero-order valence-corrected chi connectivity index (χ0v) is 15.0. The number of hydrogen-bond acceptors (Lipinski definition) is 6. The van der Waals surface area contributed by atoms with Crippen LogP contribution in [-0.4, -0.2) is 40.3 Å². The third-order valence-electron chi connectivity index (χ3n) is 4.45. The summed E-state index contributed by atoms with van der Waals surface area (Å²) in [7, 11) is 0. The Morgan fingerprint density at radius 1 is 1.15 bits per heavy atom. The molecule has 0 fully saturated rings. The summed E-state index contributed by atoms with van der Waals surface area (Å²) in [5.74, 6) is -1.02. The van der Waals surface area contributed by atoms with Crippen molar-refractivity contribution in [2.75, 3.05) is 17.2 Å². The molecule has 2 unspecified atom stereocenters. The Hall–Kier alpha value is -3.09. The van der Waals surface area contributed by atoms with E-state index in [0.29, 0.717) is 17.6 Å². The fourth-order valence-corrected chi connectivity index (χ4v) is 3.13. The molecule has 1 aromatic heterocycles. The second-order valence-corrected chi connectivity index (χ2v) is 6.20. The molecule has 0 saturated heterocycles. The van der Waals surface area contributed by atoms with E-state index in [2.05, 4.69) is 36.0 Å². The maximum Gasteiger partial charge on any atom is 0.343 e. The van der Waals surface area contributed by atoms with Crippen molar-refractivity contribution in [1.82, 2.24) is 9.78 Å². The number of esters is 1. The van der Waals surface area contributed by atoms with E-state index in [1.807, 2.05) is 12.1 Å². The van der Waals surface area contributed by atoms with Gasteiger partial charge >= 0.3 is 5.97 Å². The van der Waals surface area contributed by atoms with Gasteiger partial charge in [0.2, 0.25) is 0 Å². The molecular formula is C19H22N4O3. The molecule has 136 valence electrons. The minimum Gasteiger partial charge on any atom is -0.462 e. The fraction of sp³-hybridized carbons (Fsp3) is 0.316. The van der Waals surface area contributed by atoms with Gasteiger partial charge in [-0.15, -0.1) is 0 Å². The summed E-state index contributed by atoms with van der Waals surface area (Å²) in [5, 5.41) is 3.94. The van der Waals surface area contributed by atoms with Crippen LogP contribution in [0.5, 0.6) is 0 Å². The van der Waals surface area contributed by atoms with Crippen LogP contribution in [0.2, 0.25) is 0 Å². The van der Waals surface area contributed by atoms with Gasteiger partial charge in [0.05, 0.1) is 12.8 Å². The molecule has 1 aromatic carbocycles. The summed E-state index contributed by atoms with van der Waals surface area (Å²) in [6, 6.07) is 7.89. The molecule has 2 heterocycles. The lowest BCUT2D eigenvalue weighted by Gasteiger charge is -2.29. The topological polar surface area (TPSA) is 90.4 Å². The smallest absolute Gasteiger partial charge is 0.343 e. The summed E-state index contributed by atoms with van der Waals surface area (Å²) < 4.78 is 5.92. The average Bonchev–Trinajstić information content (AvgIpc) is 3.17. The summed E-state index contributed by atoms with van der Waals surface area (Å²) in [5.41, 5.74) is 7.46. The predicted octanol–water partition coefficient (Wildman–Crippen LogP) is 2.48. The fourth-order valence-electron chi connectivity index (χ4n) is 3.13. The molecule has 3 rings (SSSR count). The van der Waals surface area contributed by atoms with Crippen LogP contribution in [-0.2, 0) is 4.74 Å². The standard InChI is InChI=1S/C19H22N4O3/c1-4-26-19(25)16-11-21-23(17(16)20)18(24)14-7-9-15(10-8-14)22-12(2)5-6-13(22)3/h5-13H,4,20H2,1-3H3. The maximum absolute atomic E-state index is 12.7. The molecule has 0 bridgehead atoms. The monoisotopic (exact) mass is 354 g/mol. The van der Waals surface area contributed by atoms with E-state index in [0.717, 1.165) is 10.4 Å². The van der Waals surface area contributed by atoms with Crippen molar-refractivity contribution in [3.05, 3.63) is 53.7 Å². The van der Waals surface area contributed by atoms with E-state index in [1.165, 1.54) is 6.20 Å². The molecule has 0 spiro atoms. The number of nitrogen functional groups attached to an aromatic ring is 1. The normalized spacial score (nSPS) is 19.0. The lowest BCUT2D eigenvalue weighted by molar-refractivity contribution is 0.0527. The minimum absolute atomic E-state index is 0.0245. The van der Waals surface area contributed by atoms with Crippen LogP contribution in [0.4, 0.5) is 11.5 Å². The van der Waals surface area contributed by atoms with Gasteiger partial charge in [0.25, 0.3) is 5.91 Å². The van der Waals surface area contributed by atoms with Crippen LogP contribution in [0, 0.1) is 0 Å². The molecule has 2 aromatic rings. The minimum atomic E-state index is -0.594. The first-order valence-corrected chi connectivity index (χ1v) is 8.56. The zero-order valence-electron chi connectivity index (χ0n) is 15.0. The number of nitrogens with two attached hydrogens (primary N) is 1. The number of aromatic nitrogens is 2. The second-order valence-electron chi connectivity index (χ2n) is 6.20. The largest absolute Gasteiger partial charge is 0.462 e. The van der Waals surface area contributed by atoms with Gasteiger partial charge in [-0.25, -0.2) is 4.79 Å². The Morgan fingerprint density at radius 3 is 2.35 bits per heavy atom.